The second kappa shape index (κ2) is 10.4. The molecule has 1 aromatic carbocycles. The fourth-order valence-electron chi connectivity index (χ4n) is 4.17. The first-order valence-corrected chi connectivity index (χ1v) is 10.8. The fourth-order valence-corrected chi connectivity index (χ4v) is 4.17. The average molecular weight is 367 g/mol. The quantitative estimate of drug-likeness (QED) is 0.510. The van der Waals surface area contributed by atoms with Crippen LogP contribution in [0, 0.1) is 11.8 Å². The maximum absolute atomic E-state index is 5.55. The number of aryl methyl sites for hydroxylation is 1. The van der Waals surface area contributed by atoms with Crippen molar-refractivity contribution in [3.63, 3.8) is 0 Å². The molecule has 2 aromatic rings. The first-order chi connectivity index (χ1) is 13.3. The van der Waals surface area contributed by atoms with E-state index in [0.29, 0.717) is 6.61 Å². The van der Waals surface area contributed by atoms with E-state index in [2.05, 4.69) is 48.1 Å². The largest absolute Gasteiger partial charge is 0.490 e. The van der Waals surface area contributed by atoms with Gasteiger partial charge in [-0.25, -0.2) is 9.97 Å². The molecule has 0 radical (unpaired) electrons. The normalized spacial score (nSPS) is 19.8. The minimum atomic E-state index is 0.706. The molecule has 3 heteroatoms. The molecule has 0 amide bonds. The summed E-state index contributed by atoms with van der Waals surface area (Å²) in [5.74, 6) is 3.44. The van der Waals surface area contributed by atoms with E-state index in [1.54, 1.807) is 12.4 Å². The molecule has 0 unspecified atom stereocenters. The summed E-state index contributed by atoms with van der Waals surface area (Å²) in [5, 5.41) is 0. The Morgan fingerprint density at radius 1 is 0.852 bits per heavy atom. The first kappa shape index (κ1) is 19.9. The van der Waals surface area contributed by atoms with Gasteiger partial charge in [0.1, 0.15) is 0 Å². The van der Waals surface area contributed by atoms with Gasteiger partial charge in [-0.15, -0.1) is 0 Å². The van der Waals surface area contributed by atoms with Gasteiger partial charge < -0.3 is 4.74 Å². The lowest BCUT2D eigenvalue weighted by molar-refractivity contribution is 0.252. The number of aromatic nitrogens is 2. The summed E-state index contributed by atoms with van der Waals surface area (Å²) < 4.78 is 5.55. The Kier molecular flexibility index (Phi) is 7.67. The molecule has 3 nitrogen and oxygen atoms in total. The highest BCUT2D eigenvalue weighted by molar-refractivity contribution is 5.55. The summed E-state index contributed by atoms with van der Waals surface area (Å²) in [7, 11) is 0. The molecule has 3 rings (SSSR count). The number of rotatable bonds is 9. The third-order valence-corrected chi connectivity index (χ3v) is 5.82. The van der Waals surface area contributed by atoms with Gasteiger partial charge in [-0.2, -0.15) is 0 Å². The monoisotopic (exact) mass is 366 g/mol. The van der Waals surface area contributed by atoms with Gasteiger partial charge in [0.15, 0.2) is 11.6 Å². The zero-order valence-electron chi connectivity index (χ0n) is 17.0. The number of benzene rings is 1. The van der Waals surface area contributed by atoms with E-state index in [0.717, 1.165) is 35.4 Å². The molecule has 1 heterocycles. The maximum Gasteiger partial charge on any atom is 0.159 e. The molecule has 146 valence electrons. The van der Waals surface area contributed by atoms with Crippen molar-refractivity contribution in [3.8, 4) is 17.1 Å². The van der Waals surface area contributed by atoms with Crippen molar-refractivity contribution in [3.05, 3.63) is 42.2 Å². The summed E-state index contributed by atoms with van der Waals surface area (Å²) in [6.07, 6.45) is 15.6. The molecule has 1 aliphatic rings. The molecule has 0 N–H and O–H groups in total. The van der Waals surface area contributed by atoms with Crippen molar-refractivity contribution < 1.29 is 4.74 Å². The fraction of sp³-hybridized carbons (Fsp3) is 0.583. The Morgan fingerprint density at radius 3 is 2.07 bits per heavy atom. The van der Waals surface area contributed by atoms with Crippen LogP contribution in [-0.4, -0.2) is 16.6 Å². The minimum Gasteiger partial charge on any atom is -0.490 e. The zero-order chi connectivity index (χ0) is 18.9. The van der Waals surface area contributed by atoms with Crippen LogP contribution in [-0.2, 0) is 6.42 Å². The first-order valence-electron chi connectivity index (χ1n) is 10.8. The Bertz CT molecular complexity index is 658. The predicted octanol–water partition coefficient (Wildman–Crippen LogP) is 6.47. The smallest absolute Gasteiger partial charge is 0.159 e. The Labute approximate surface area is 164 Å². The Morgan fingerprint density at radius 2 is 1.48 bits per heavy atom. The zero-order valence-corrected chi connectivity index (χ0v) is 17.0. The van der Waals surface area contributed by atoms with Crippen molar-refractivity contribution in [2.75, 3.05) is 6.61 Å². The van der Waals surface area contributed by atoms with Crippen molar-refractivity contribution in [2.45, 2.75) is 71.6 Å². The van der Waals surface area contributed by atoms with Gasteiger partial charge in [0.25, 0.3) is 0 Å². The van der Waals surface area contributed by atoms with Crippen molar-refractivity contribution >= 4 is 0 Å². The second-order valence-corrected chi connectivity index (χ2v) is 8.00. The van der Waals surface area contributed by atoms with E-state index in [9.17, 15) is 0 Å². The van der Waals surface area contributed by atoms with Crippen LogP contribution < -0.4 is 4.74 Å². The van der Waals surface area contributed by atoms with Crippen molar-refractivity contribution in [1.29, 1.82) is 0 Å². The minimum absolute atomic E-state index is 0.706. The van der Waals surface area contributed by atoms with Gasteiger partial charge in [0.2, 0.25) is 0 Å². The summed E-state index contributed by atoms with van der Waals surface area (Å²) in [5.41, 5.74) is 2.50. The van der Waals surface area contributed by atoms with E-state index < -0.39 is 0 Å². The standard InChI is InChI=1S/C24H34N2O/c1-3-5-19-6-8-20(9-7-19)10-11-21-12-14-22(15-13-21)24-25-17-23(18-26-24)27-16-4-2/h12-15,17-20H,3-11,16H2,1-2H3/t19-,20-. The van der Waals surface area contributed by atoms with Gasteiger partial charge in [-0.05, 0) is 36.7 Å². The lowest BCUT2D eigenvalue weighted by Gasteiger charge is -2.28. The Balaban J connectivity index is 1.47. The number of hydrogen-bond acceptors (Lipinski definition) is 3. The van der Waals surface area contributed by atoms with E-state index in [4.69, 9.17) is 4.74 Å². The summed E-state index contributed by atoms with van der Waals surface area (Å²) in [6, 6.07) is 8.77. The highest BCUT2D eigenvalue weighted by Crippen LogP contribution is 2.33. The van der Waals surface area contributed by atoms with Gasteiger partial charge in [-0.3, -0.25) is 0 Å². The van der Waals surface area contributed by atoms with Crippen LogP contribution >= 0.6 is 0 Å². The van der Waals surface area contributed by atoms with Gasteiger partial charge in [0, 0.05) is 5.56 Å². The molecule has 0 saturated heterocycles. The molecule has 0 bridgehead atoms. The molecule has 1 saturated carbocycles. The van der Waals surface area contributed by atoms with Crippen LogP contribution in [0.4, 0.5) is 0 Å². The highest BCUT2D eigenvalue weighted by atomic mass is 16.5. The Hall–Kier alpha value is -1.90. The van der Waals surface area contributed by atoms with Crippen LogP contribution in [0.3, 0.4) is 0 Å². The SMILES string of the molecule is CCCOc1cnc(-c2ccc(CC[C@H]3CC[C@H](CCC)CC3)cc2)nc1. The number of ether oxygens (including phenoxy) is 1. The van der Waals surface area contributed by atoms with Crippen LogP contribution in [0.2, 0.25) is 0 Å². The number of hydrogen-bond donors (Lipinski definition) is 0. The lowest BCUT2D eigenvalue weighted by Crippen LogP contribution is -2.15. The van der Waals surface area contributed by atoms with E-state index in [1.807, 2.05) is 0 Å². The molecule has 1 aliphatic carbocycles. The van der Waals surface area contributed by atoms with Crippen molar-refractivity contribution in [1.82, 2.24) is 9.97 Å². The van der Waals surface area contributed by atoms with Gasteiger partial charge in [-0.1, -0.05) is 76.6 Å². The highest BCUT2D eigenvalue weighted by Gasteiger charge is 2.20. The van der Waals surface area contributed by atoms with Crippen LogP contribution in [0.5, 0.6) is 5.75 Å². The predicted molar refractivity (Wildman–Crippen MR) is 112 cm³/mol. The van der Waals surface area contributed by atoms with Gasteiger partial charge >= 0.3 is 0 Å². The van der Waals surface area contributed by atoms with E-state index in [-0.39, 0.29) is 0 Å². The summed E-state index contributed by atoms with van der Waals surface area (Å²) >= 11 is 0. The van der Waals surface area contributed by atoms with Crippen LogP contribution in [0.1, 0.15) is 70.8 Å². The lowest BCUT2D eigenvalue weighted by atomic mass is 9.78. The molecule has 0 spiro atoms. The molecule has 1 fully saturated rings. The number of nitrogens with zero attached hydrogens (tertiary/aromatic N) is 2. The molecule has 1 aromatic heterocycles. The topological polar surface area (TPSA) is 35.0 Å². The molecule has 0 aliphatic heterocycles. The molecular formula is C24H34N2O. The average Bonchev–Trinajstić information content (AvgIpc) is 2.73. The van der Waals surface area contributed by atoms with Crippen molar-refractivity contribution in [2.24, 2.45) is 11.8 Å². The maximum atomic E-state index is 5.55. The summed E-state index contributed by atoms with van der Waals surface area (Å²) in [6.45, 7) is 5.11. The van der Waals surface area contributed by atoms with E-state index in [1.165, 1.54) is 56.9 Å². The molecule has 0 atom stereocenters. The molecule has 27 heavy (non-hydrogen) atoms. The third kappa shape index (κ3) is 6.05. The summed E-state index contributed by atoms with van der Waals surface area (Å²) in [4.78, 5) is 8.87. The van der Waals surface area contributed by atoms with Gasteiger partial charge in [0.05, 0.1) is 19.0 Å². The van der Waals surface area contributed by atoms with Crippen LogP contribution in [0.25, 0.3) is 11.4 Å². The molecular weight excluding hydrogens is 332 g/mol. The second-order valence-electron chi connectivity index (χ2n) is 8.00. The van der Waals surface area contributed by atoms with E-state index >= 15 is 0 Å². The van der Waals surface area contributed by atoms with Crippen LogP contribution in [0.15, 0.2) is 36.7 Å². The third-order valence-electron chi connectivity index (χ3n) is 5.82.